The minimum Gasteiger partial charge on any atom is -0.457 e. The Kier molecular flexibility index (Phi) is 11.0. The van der Waals surface area contributed by atoms with Gasteiger partial charge in [-0.05, 0) is 67.9 Å². The maximum absolute atomic E-state index is 13.4. The summed E-state index contributed by atoms with van der Waals surface area (Å²) >= 11 is 0. The van der Waals surface area contributed by atoms with Crippen molar-refractivity contribution in [3.05, 3.63) is 60.2 Å². The lowest BCUT2D eigenvalue weighted by Crippen LogP contribution is -2.36. The second kappa shape index (κ2) is 14.4. The Balaban J connectivity index is 1.51. The number of nitrogens with one attached hydrogen (secondary N) is 1. The van der Waals surface area contributed by atoms with Crippen molar-refractivity contribution in [3.63, 3.8) is 0 Å². The third-order valence-electron chi connectivity index (χ3n) is 6.75. The van der Waals surface area contributed by atoms with Crippen LogP contribution < -0.4 is 15.8 Å². The highest BCUT2D eigenvalue weighted by Crippen LogP contribution is 2.26. The fraction of sp³-hybridized carbons (Fsp3) is 0.500. The summed E-state index contributed by atoms with van der Waals surface area (Å²) in [6.07, 6.45) is 5.03. The van der Waals surface area contributed by atoms with Gasteiger partial charge in [-0.2, -0.15) is 0 Å². The van der Waals surface area contributed by atoms with Crippen molar-refractivity contribution in [2.24, 2.45) is 23.5 Å². The van der Waals surface area contributed by atoms with E-state index in [2.05, 4.69) is 5.32 Å². The van der Waals surface area contributed by atoms with Gasteiger partial charge in [0.05, 0.1) is 0 Å². The van der Waals surface area contributed by atoms with Gasteiger partial charge >= 0.3 is 0 Å². The van der Waals surface area contributed by atoms with Crippen LogP contribution in [-0.4, -0.2) is 35.7 Å². The molecule has 1 aliphatic heterocycles. The highest BCUT2D eigenvalue weighted by atomic mass is 16.5. The molecule has 200 valence electrons. The van der Waals surface area contributed by atoms with E-state index in [4.69, 9.17) is 10.5 Å². The average Bonchev–Trinajstić information content (AvgIpc) is 3.03. The van der Waals surface area contributed by atoms with Gasteiger partial charge in [-0.1, -0.05) is 50.6 Å². The number of amides is 3. The second-order valence-corrected chi connectivity index (χ2v) is 10.4. The zero-order valence-corrected chi connectivity index (χ0v) is 22.2. The molecule has 0 saturated carbocycles. The first kappa shape index (κ1) is 28.2. The summed E-state index contributed by atoms with van der Waals surface area (Å²) in [7, 11) is 0. The maximum atomic E-state index is 13.4. The molecular weight excluding hydrogens is 466 g/mol. The van der Waals surface area contributed by atoms with Crippen LogP contribution in [0.25, 0.3) is 0 Å². The third-order valence-corrected chi connectivity index (χ3v) is 6.75. The lowest BCUT2D eigenvalue weighted by atomic mass is 9.93. The van der Waals surface area contributed by atoms with Crippen LogP contribution in [0.2, 0.25) is 0 Å². The van der Waals surface area contributed by atoms with Crippen LogP contribution in [0.3, 0.4) is 0 Å². The number of rotatable bonds is 13. The van der Waals surface area contributed by atoms with Crippen molar-refractivity contribution in [2.45, 2.75) is 65.3 Å². The van der Waals surface area contributed by atoms with Gasteiger partial charge in [0, 0.05) is 37.9 Å². The van der Waals surface area contributed by atoms with Crippen LogP contribution in [0.4, 0.5) is 0 Å². The Bertz CT molecular complexity index is 1020. The number of para-hydroxylation sites is 1. The van der Waals surface area contributed by atoms with Crippen LogP contribution >= 0.6 is 0 Å². The van der Waals surface area contributed by atoms with Crippen molar-refractivity contribution in [1.29, 1.82) is 0 Å². The van der Waals surface area contributed by atoms with Gasteiger partial charge in [-0.25, -0.2) is 0 Å². The highest BCUT2D eigenvalue weighted by molar-refractivity contribution is 5.85. The number of nitrogens with two attached hydrogens (primary N) is 1. The molecule has 3 N–H and O–H groups in total. The summed E-state index contributed by atoms with van der Waals surface area (Å²) in [5.41, 5.74) is 6.37. The van der Waals surface area contributed by atoms with Gasteiger partial charge in [-0.3, -0.25) is 14.4 Å². The Morgan fingerprint density at radius 1 is 1.08 bits per heavy atom. The van der Waals surface area contributed by atoms with Gasteiger partial charge < -0.3 is 20.7 Å². The van der Waals surface area contributed by atoms with Crippen LogP contribution in [0.5, 0.6) is 11.5 Å². The minimum absolute atomic E-state index is 0.0414. The average molecular weight is 508 g/mol. The number of hydrogen-bond donors (Lipinski definition) is 2. The van der Waals surface area contributed by atoms with Crippen LogP contribution in [0.15, 0.2) is 54.6 Å². The molecular formula is C30H41N3O4. The van der Waals surface area contributed by atoms with E-state index in [0.29, 0.717) is 25.4 Å². The first-order valence-corrected chi connectivity index (χ1v) is 13.5. The zero-order valence-electron chi connectivity index (χ0n) is 22.2. The molecule has 1 fully saturated rings. The Labute approximate surface area is 220 Å². The molecule has 0 aliphatic carbocycles. The van der Waals surface area contributed by atoms with Gasteiger partial charge in [0.15, 0.2) is 0 Å². The molecule has 0 aromatic heterocycles. The van der Waals surface area contributed by atoms with Crippen molar-refractivity contribution in [2.75, 3.05) is 13.1 Å². The standard InChI is InChI=1S/C30H41N3O4/c1-22(2)18-25(20-28(31)34)29(35)32-16-9-12-24-11-6-7-17-33(30(24)36)21-23-10-8-15-27(19-23)37-26-13-4-3-5-14-26/h3-5,8,10,13-15,19,22,24-25H,6-7,9,11-12,16-18,20-21H2,1-2H3,(H2,31,34)(H,32,35)/t24-,25+/m0/s1. The number of likely N-dealkylation sites (tertiary alicyclic amines) is 1. The first-order valence-electron chi connectivity index (χ1n) is 13.5. The summed E-state index contributed by atoms with van der Waals surface area (Å²) < 4.78 is 5.96. The summed E-state index contributed by atoms with van der Waals surface area (Å²) in [5.74, 6) is 1.00. The quantitative estimate of drug-likeness (QED) is 0.371. The fourth-order valence-corrected chi connectivity index (χ4v) is 4.96. The summed E-state index contributed by atoms with van der Waals surface area (Å²) in [6.45, 7) is 5.85. The smallest absolute Gasteiger partial charge is 0.225 e. The van der Waals surface area contributed by atoms with Crippen molar-refractivity contribution < 1.29 is 19.1 Å². The Hall–Kier alpha value is -3.35. The monoisotopic (exact) mass is 507 g/mol. The number of ether oxygens (including phenoxy) is 1. The minimum atomic E-state index is -0.456. The van der Waals surface area contributed by atoms with E-state index in [-0.39, 0.29) is 24.2 Å². The largest absolute Gasteiger partial charge is 0.457 e. The predicted octanol–water partition coefficient (Wildman–Crippen LogP) is 5.04. The van der Waals surface area contributed by atoms with Crippen LogP contribution in [0, 0.1) is 17.8 Å². The van der Waals surface area contributed by atoms with Gasteiger partial charge in [0.2, 0.25) is 17.7 Å². The van der Waals surface area contributed by atoms with E-state index in [1.54, 1.807) is 0 Å². The first-order chi connectivity index (χ1) is 17.8. The Morgan fingerprint density at radius 2 is 1.84 bits per heavy atom. The number of carbonyl (C=O) groups excluding carboxylic acids is 3. The number of hydrogen-bond acceptors (Lipinski definition) is 4. The predicted molar refractivity (Wildman–Crippen MR) is 145 cm³/mol. The molecule has 0 spiro atoms. The van der Waals surface area contributed by atoms with E-state index in [1.807, 2.05) is 73.3 Å². The lowest BCUT2D eigenvalue weighted by molar-refractivity contribution is -0.135. The van der Waals surface area contributed by atoms with Gasteiger partial charge in [0.1, 0.15) is 11.5 Å². The van der Waals surface area contributed by atoms with Crippen molar-refractivity contribution in [1.82, 2.24) is 10.2 Å². The number of benzene rings is 2. The topological polar surface area (TPSA) is 102 Å². The number of carbonyl (C=O) groups is 3. The van der Waals surface area contributed by atoms with Gasteiger partial charge in [0.25, 0.3) is 0 Å². The number of primary amides is 1. The second-order valence-electron chi connectivity index (χ2n) is 10.4. The molecule has 1 aliphatic rings. The molecule has 0 bridgehead atoms. The van der Waals surface area contributed by atoms with Crippen LogP contribution in [-0.2, 0) is 20.9 Å². The zero-order chi connectivity index (χ0) is 26.6. The SMILES string of the molecule is CC(C)C[C@H](CC(N)=O)C(=O)NCCC[C@@H]1CCCCN(Cc2cccc(Oc3ccccc3)c2)C1=O. The lowest BCUT2D eigenvalue weighted by Gasteiger charge is -2.25. The molecule has 0 radical (unpaired) electrons. The molecule has 0 unspecified atom stereocenters. The Morgan fingerprint density at radius 3 is 2.57 bits per heavy atom. The molecule has 7 nitrogen and oxygen atoms in total. The van der Waals surface area contributed by atoms with E-state index in [1.165, 1.54) is 0 Å². The molecule has 2 aromatic rings. The van der Waals surface area contributed by atoms with Crippen molar-refractivity contribution >= 4 is 17.7 Å². The summed E-state index contributed by atoms with van der Waals surface area (Å²) in [4.78, 5) is 39.3. The third kappa shape index (κ3) is 9.56. The van der Waals surface area contributed by atoms with Crippen molar-refractivity contribution in [3.8, 4) is 11.5 Å². The highest BCUT2D eigenvalue weighted by Gasteiger charge is 2.27. The fourth-order valence-electron chi connectivity index (χ4n) is 4.96. The molecule has 1 saturated heterocycles. The molecule has 37 heavy (non-hydrogen) atoms. The molecule has 2 atom stereocenters. The van der Waals surface area contributed by atoms with E-state index in [9.17, 15) is 14.4 Å². The molecule has 3 amide bonds. The number of nitrogens with zero attached hydrogens (tertiary/aromatic N) is 1. The maximum Gasteiger partial charge on any atom is 0.225 e. The van der Waals surface area contributed by atoms with E-state index >= 15 is 0 Å². The molecule has 1 heterocycles. The van der Waals surface area contributed by atoms with E-state index < -0.39 is 11.8 Å². The normalized spacial score (nSPS) is 16.8. The van der Waals surface area contributed by atoms with Gasteiger partial charge in [-0.15, -0.1) is 0 Å². The van der Waals surface area contributed by atoms with E-state index in [0.717, 1.165) is 55.7 Å². The molecule has 2 aromatic carbocycles. The van der Waals surface area contributed by atoms with Crippen LogP contribution in [0.1, 0.15) is 64.4 Å². The molecule has 7 heteroatoms. The summed E-state index contributed by atoms with van der Waals surface area (Å²) in [5, 5.41) is 2.96. The summed E-state index contributed by atoms with van der Waals surface area (Å²) in [6, 6.07) is 17.6. The molecule has 3 rings (SSSR count).